The zero-order valence-electron chi connectivity index (χ0n) is 9.41. The molecule has 1 aliphatic heterocycles. The number of hydrogen-bond donors (Lipinski definition) is 1. The van der Waals surface area contributed by atoms with Crippen molar-refractivity contribution in [2.24, 2.45) is 0 Å². The molecule has 2 heteroatoms. The number of hydrogen-bond acceptors (Lipinski definition) is 2. The first kappa shape index (κ1) is 11.1. The summed E-state index contributed by atoms with van der Waals surface area (Å²) in [5.41, 5.74) is 2.46. The Bertz CT molecular complexity index is 397. The fourth-order valence-electron chi connectivity index (χ4n) is 2.20. The van der Waals surface area contributed by atoms with Gasteiger partial charge >= 0.3 is 0 Å². The first-order chi connectivity index (χ1) is 7.83. The van der Waals surface area contributed by atoms with Crippen molar-refractivity contribution in [2.45, 2.75) is 25.3 Å². The maximum absolute atomic E-state index is 12.0. The van der Waals surface area contributed by atoms with Crippen molar-refractivity contribution in [2.75, 3.05) is 6.54 Å². The van der Waals surface area contributed by atoms with Crippen LogP contribution in [0, 0.1) is 0 Å². The van der Waals surface area contributed by atoms with Crippen LogP contribution in [-0.2, 0) is 11.3 Å². The maximum Gasteiger partial charge on any atom is 0.141 e. The molecule has 0 amide bonds. The van der Waals surface area contributed by atoms with Crippen molar-refractivity contribution in [3.8, 4) is 0 Å². The van der Waals surface area contributed by atoms with Gasteiger partial charge in [-0.3, -0.25) is 4.79 Å². The van der Waals surface area contributed by atoms with Gasteiger partial charge in [-0.25, -0.2) is 0 Å². The molecule has 0 aromatic heterocycles. The Kier molecular flexibility index (Phi) is 3.52. The van der Waals surface area contributed by atoms with Crippen LogP contribution in [0.4, 0.5) is 0 Å². The summed E-state index contributed by atoms with van der Waals surface area (Å²) in [6.07, 6.45) is 3.18. The largest absolute Gasteiger partial charge is 0.312 e. The topological polar surface area (TPSA) is 29.1 Å². The van der Waals surface area contributed by atoms with Gasteiger partial charge in [-0.05, 0) is 17.5 Å². The Morgan fingerprint density at radius 2 is 2.31 bits per heavy atom. The molecule has 1 aromatic rings. The van der Waals surface area contributed by atoms with Crippen LogP contribution in [0.3, 0.4) is 0 Å². The summed E-state index contributed by atoms with van der Waals surface area (Å²) in [6.45, 7) is 5.30. The molecule has 1 N–H and O–H groups in total. The van der Waals surface area contributed by atoms with E-state index in [-0.39, 0.29) is 5.92 Å². The molecular weight excluding hydrogens is 198 g/mol. The van der Waals surface area contributed by atoms with Gasteiger partial charge in [0, 0.05) is 19.5 Å². The molecule has 0 saturated carbocycles. The Morgan fingerprint density at radius 1 is 1.50 bits per heavy atom. The maximum atomic E-state index is 12.0. The highest BCUT2D eigenvalue weighted by molar-refractivity contribution is 5.86. The molecule has 0 radical (unpaired) electrons. The lowest BCUT2D eigenvalue weighted by atomic mass is 9.86. The number of carbonyl (C=O) groups is 1. The van der Waals surface area contributed by atoms with Gasteiger partial charge in [0.05, 0.1) is 5.92 Å². The van der Waals surface area contributed by atoms with Crippen LogP contribution in [0.25, 0.3) is 0 Å². The van der Waals surface area contributed by atoms with E-state index in [2.05, 4.69) is 24.0 Å². The summed E-state index contributed by atoms with van der Waals surface area (Å²) < 4.78 is 0. The van der Waals surface area contributed by atoms with Crippen molar-refractivity contribution in [3.63, 3.8) is 0 Å². The molecule has 16 heavy (non-hydrogen) atoms. The van der Waals surface area contributed by atoms with E-state index in [0.29, 0.717) is 12.2 Å². The SMILES string of the molecule is C=CCCC(=O)C1CNCc2ccccc21. The quantitative estimate of drug-likeness (QED) is 0.781. The minimum atomic E-state index is 0.0323. The van der Waals surface area contributed by atoms with Crippen molar-refractivity contribution in [3.05, 3.63) is 48.0 Å². The van der Waals surface area contributed by atoms with E-state index in [1.807, 2.05) is 12.1 Å². The second-order valence-corrected chi connectivity index (χ2v) is 4.18. The monoisotopic (exact) mass is 215 g/mol. The van der Waals surface area contributed by atoms with Gasteiger partial charge in [-0.1, -0.05) is 30.3 Å². The third kappa shape index (κ3) is 2.22. The molecule has 0 aliphatic carbocycles. The highest BCUT2D eigenvalue weighted by Crippen LogP contribution is 2.25. The first-order valence-corrected chi connectivity index (χ1v) is 5.75. The Hall–Kier alpha value is -1.41. The predicted molar refractivity (Wildman–Crippen MR) is 65.3 cm³/mol. The summed E-state index contributed by atoms with van der Waals surface area (Å²) >= 11 is 0. The normalized spacial score (nSPS) is 18.9. The molecule has 0 saturated heterocycles. The molecule has 2 nitrogen and oxygen atoms in total. The molecule has 1 aliphatic rings. The fourth-order valence-corrected chi connectivity index (χ4v) is 2.20. The smallest absolute Gasteiger partial charge is 0.141 e. The molecule has 1 atom stereocenters. The van der Waals surface area contributed by atoms with E-state index in [4.69, 9.17) is 0 Å². The van der Waals surface area contributed by atoms with Gasteiger partial charge in [-0.2, -0.15) is 0 Å². The van der Waals surface area contributed by atoms with Gasteiger partial charge in [0.1, 0.15) is 5.78 Å². The third-order valence-electron chi connectivity index (χ3n) is 3.08. The Morgan fingerprint density at radius 3 is 3.12 bits per heavy atom. The van der Waals surface area contributed by atoms with Crippen LogP contribution in [0.2, 0.25) is 0 Å². The number of Topliss-reactive ketones (excluding diaryl/α,β-unsaturated/α-hetero) is 1. The van der Waals surface area contributed by atoms with Gasteiger partial charge in [0.25, 0.3) is 0 Å². The average Bonchev–Trinajstić information content (AvgIpc) is 2.35. The van der Waals surface area contributed by atoms with Crippen LogP contribution < -0.4 is 5.32 Å². The van der Waals surface area contributed by atoms with Crippen molar-refractivity contribution >= 4 is 5.78 Å². The standard InChI is InChI=1S/C14H17NO/c1-2-3-8-14(16)13-10-15-9-11-6-4-5-7-12(11)13/h2,4-7,13,15H,1,3,8-10H2. The minimum absolute atomic E-state index is 0.0323. The predicted octanol–water partition coefficient (Wildman–Crippen LogP) is 2.41. The summed E-state index contributed by atoms with van der Waals surface area (Å²) in [6, 6.07) is 8.21. The summed E-state index contributed by atoms with van der Waals surface area (Å²) in [4.78, 5) is 12.0. The van der Waals surface area contributed by atoms with Crippen molar-refractivity contribution in [1.29, 1.82) is 0 Å². The number of ketones is 1. The lowest BCUT2D eigenvalue weighted by Crippen LogP contribution is -2.32. The second kappa shape index (κ2) is 5.08. The minimum Gasteiger partial charge on any atom is -0.312 e. The molecule has 84 valence electrons. The van der Waals surface area contributed by atoms with Crippen LogP contribution in [0.1, 0.15) is 29.9 Å². The number of benzene rings is 1. The molecule has 2 rings (SSSR count). The summed E-state index contributed by atoms with van der Waals surface area (Å²) in [7, 11) is 0. The van der Waals surface area contributed by atoms with Crippen LogP contribution in [-0.4, -0.2) is 12.3 Å². The average molecular weight is 215 g/mol. The first-order valence-electron chi connectivity index (χ1n) is 5.75. The lowest BCUT2D eigenvalue weighted by molar-refractivity contribution is -0.120. The van der Waals surface area contributed by atoms with E-state index >= 15 is 0 Å². The second-order valence-electron chi connectivity index (χ2n) is 4.18. The van der Waals surface area contributed by atoms with Gasteiger partial charge < -0.3 is 5.32 Å². The van der Waals surface area contributed by atoms with E-state index in [1.165, 1.54) is 11.1 Å². The van der Waals surface area contributed by atoms with E-state index in [0.717, 1.165) is 19.5 Å². The number of nitrogens with one attached hydrogen (secondary N) is 1. The molecule has 1 unspecified atom stereocenters. The van der Waals surface area contributed by atoms with Crippen molar-refractivity contribution < 1.29 is 4.79 Å². The van der Waals surface area contributed by atoms with Gasteiger partial charge in [0.2, 0.25) is 0 Å². The van der Waals surface area contributed by atoms with Gasteiger partial charge in [0.15, 0.2) is 0 Å². The van der Waals surface area contributed by atoms with E-state index in [1.54, 1.807) is 6.08 Å². The summed E-state index contributed by atoms with van der Waals surface area (Å²) in [5.74, 6) is 0.351. The highest BCUT2D eigenvalue weighted by Gasteiger charge is 2.24. The zero-order valence-corrected chi connectivity index (χ0v) is 9.41. The highest BCUT2D eigenvalue weighted by atomic mass is 16.1. The zero-order chi connectivity index (χ0) is 11.4. The third-order valence-corrected chi connectivity index (χ3v) is 3.08. The van der Waals surface area contributed by atoms with Gasteiger partial charge in [-0.15, -0.1) is 6.58 Å². The number of fused-ring (bicyclic) bond motifs is 1. The molecule has 0 spiro atoms. The lowest BCUT2D eigenvalue weighted by Gasteiger charge is -2.25. The summed E-state index contributed by atoms with van der Waals surface area (Å²) in [5, 5.41) is 3.30. The van der Waals surface area contributed by atoms with Crippen molar-refractivity contribution in [1.82, 2.24) is 5.32 Å². The van der Waals surface area contributed by atoms with Crippen LogP contribution >= 0.6 is 0 Å². The van der Waals surface area contributed by atoms with Crippen LogP contribution in [0.15, 0.2) is 36.9 Å². The van der Waals surface area contributed by atoms with E-state index < -0.39 is 0 Å². The fraction of sp³-hybridized carbons (Fsp3) is 0.357. The molecule has 1 heterocycles. The molecular formula is C14H17NO. The Balaban J connectivity index is 2.18. The number of carbonyl (C=O) groups excluding carboxylic acids is 1. The van der Waals surface area contributed by atoms with E-state index in [9.17, 15) is 4.79 Å². The molecule has 0 bridgehead atoms. The Labute approximate surface area is 96.4 Å². The molecule has 1 aromatic carbocycles. The number of rotatable bonds is 4. The molecule has 0 fully saturated rings. The number of allylic oxidation sites excluding steroid dienone is 1. The van der Waals surface area contributed by atoms with Crippen LogP contribution in [0.5, 0.6) is 0 Å².